The van der Waals surface area contributed by atoms with Gasteiger partial charge in [-0.15, -0.1) is 11.6 Å². The average Bonchev–Trinajstić information content (AvgIpc) is 2.35. The summed E-state index contributed by atoms with van der Waals surface area (Å²) < 4.78 is 0. The van der Waals surface area contributed by atoms with Crippen molar-refractivity contribution >= 4 is 11.6 Å². The van der Waals surface area contributed by atoms with E-state index in [1.807, 2.05) is 0 Å². The molecule has 0 spiro atoms. The summed E-state index contributed by atoms with van der Waals surface area (Å²) in [6, 6.07) is 10.7. The third kappa shape index (κ3) is 4.01. The number of benzene rings is 1. The van der Waals surface area contributed by atoms with Gasteiger partial charge in [-0.25, -0.2) is 0 Å². The van der Waals surface area contributed by atoms with Crippen LogP contribution in [0.25, 0.3) is 0 Å². The minimum atomic E-state index is 0.348. The maximum absolute atomic E-state index is 6.32. The van der Waals surface area contributed by atoms with Crippen molar-refractivity contribution in [2.45, 2.75) is 31.6 Å². The van der Waals surface area contributed by atoms with E-state index in [0.29, 0.717) is 11.3 Å². The van der Waals surface area contributed by atoms with E-state index in [1.54, 1.807) is 0 Å². The van der Waals surface area contributed by atoms with Gasteiger partial charge in [0.25, 0.3) is 0 Å². The highest BCUT2D eigenvalue weighted by Gasteiger charge is 2.23. The second-order valence-electron chi connectivity index (χ2n) is 5.17. The summed E-state index contributed by atoms with van der Waals surface area (Å²) in [7, 11) is 0. The van der Waals surface area contributed by atoms with Crippen LogP contribution in [-0.4, -0.2) is 29.9 Å². The molecular formula is C15H22ClN. The van der Waals surface area contributed by atoms with Gasteiger partial charge in [0.15, 0.2) is 0 Å². The Morgan fingerprint density at radius 1 is 1.29 bits per heavy atom. The molecule has 0 aliphatic carbocycles. The lowest BCUT2D eigenvalue weighted by molar-refractivity contribution is 0.195. The van der Waals surface area contributed by atoms with Crippen LogP contribution in [0.15, 0.2) is 30.3 Å². The Kier molecular flexibility index (Phi) is 4.87. The van der Waals surface area contributed by atoms with Crippen molar-refractivity contribution in [3.63, 3.8) is 0 Å². The fourth-order valence-corrected chi connectivity index (χ4v) is 2.76. The van der Waals surface area contributed by atoms with Crippen molar-refractivity contribution in [2.24, 2.45) is 5.92 Å². The molecule has 1 aliphatic heterocycles. The van der Waals surface area contributed by atoms with E-state index in [1.165, 1.54) is 37.9 Å². The van der Waals surface area contributed by atoms with E-state index in [2.05, 4.69) is 42.2 Å². The Labute approximate surface area is 110 Å². The Morgan fingerprint density at radius 3 is 2.76 bits per heavy atom. The number of piperidine rings is 1. The molecule has 2 unspecified atom stereocenters. The number of halogens is 1. The zero-order valence-corrected chi connectivity index (χ0v) is 11.4. The SMILES string of the molecule is CC1CCN(CCCc2ccccc2)CC1Cl. The first-order chi connectivity index (χ1) is 8.25. The summed E-state index contributed by atoms with van der Waals surface area (Å²) in [5.41, 5.74) is 1.44. The summed E-state index contributed by atoms with van der Waals surface area (Å²) in [4.78, 5) is 2.51. The molecule has 2 rings (SSSR count). The summed E-state index contributed by atoms with van der Waals surface area (Å²) in [6.07, 6.45) is 3.67. The van der Waals surface area contributed by atoms with Crippen molar-refractivity contribution in [1.82, 2.24) is 4.90 Å². The number of aryl methyl sites for hydroxylation is 1. The molecule has 2 atom stereocenters. The van der Waals surface area contributed by atoms with Crippen LogP contribution in [0, 0.1) is 5.92 Å². The fourth-order valence-electron chi connectivity index (χ4n) is 2.44. The maximum Gasteiger partial charge on any atom is 0.0489 e. The first kappa shape index (κ1) is 12.9. The van der Waals surface area contributed by atoms with Crippen LogP contribution in [0.2, 0.25) is 0 Å². The van der Waals surface area contributed by atoms with E-state index in [9.17, 15) is 0 Å². The molecule has 1 fully saturated rings. The van der Waals surface area contributed by atoms with Crippen molar-refractivity contribution in [3.8, 4) is 0 Å². The monoisotopic (exact) mass is 251 g/mol. The van der Waals surface area contributed by atoms with Crippen LogP contribution < -0.4 is 0 Å². The molecule has 1 aliphatic rings. The smallest absolute Gasteiger partial charge is 0.0489 e. The van der Waals surface area contributed by atoms with E-state index in [-0.39, 0.29) is 0 Å². The van der Waals surface area contributed by atoms with Crippen molar-refractivity contribution in [3.05, 3.63) is 35.9 Å². The molecule has 0 N–H and O–H groups in total. The highest BCUT2D eigenvalue weighted by molar-refractivity contribution is 6.21. The van der Waals surface area contributed by atoms with Gasteiger partial charge < -0.3 is 4.90 Å². The minimum Gasteiger partial charge on any atom is -0.302 e. The van der Waals surface area contributed by atoms with Crippen LogP contribution >= 0.6 is 11.6 Å². The molecule has 17 heavy (non-hydrogen) atoms. The third-order valence-electron chi connectivity index (χ3n) is 3.73. The molecule has 0 bridgehead atoms. The third-order valence-corrected chi connectivity index (χ3v) is 4.30. The predicted molar refractivity (Wildman–Crippen MR) is 74.6 cm³/mol. The van der Waals surface area contributed by atoms with Crippen LogP contribution in [0.1, 0.15) is 25.3 Å². The molecule has 1 nitrogen and oxygen atoms in total. The summed E-state index contributed by atoms with van der Waals surface area (Å²) in [5, 5.41) is 0.348. The molecule has 0 saturated carbocycles. The van der Waals surface area contributed by atoms with Crippen LogP contribution in [0.3, 0.4) is 0 Å². The zero-order chi connectivity index (χ0) is 12.1. The normalized spacial score (nSPS) is 26.0. The highest BCUT2D eigenvalue weighted by atomic mass is 35.5. The lowest BCUT2D eigenvalue weighted by Crippen LogP contribution is -2.40. The minimum absolute atomic E-state index is 0.348. The van der Waals surface area contributed by atoms with Crippen molar-refractivity contribution in [2.75, 3.05) is 19.6 Å². The van der Waals surface area contributed by atoms with Gasteiger partial charge in [-0.05, 0) is 43.8 Å². The lowest BCUT2D eigenvalue weighted by Gasteiger charge is -2.33. The second kappa shape index (κ2) is 6.42. The van der Waals surface area contributed by atoms with Gasteiger partial charge in [-0.3, -0.25) is 0 Å². The van der Waals surface area contributed by atoms with Crippen molar-refractivity contribution in [1.29, 1.82) is 0 Å². The van der Waals surface area contributed by atoms with Gasteiger partial charge in [-0.2, -0.15) is 0 Å². The van der Waals surface area contributed by atoms with Crippen molar-refractivity contribution < 1.29 is 0 Å². The molecule has 0 radical (unpaired) electrons. The Bertz CT molecular complexity index is 325. The van der Waals surface area contributed by atoms with Gasteiger partial charge in [0.1, 0.15) is 0 Å². The number of likely N-dealkylation sites (tertiary alicyclic amines) is 1. The standard InChI is InChI=1S/C15H22ClN/c1-13-9-11-17(12-15(13)16)10-5-8-14-6-3-2-4-7-14/h2-4,6-7,13,15H,5,8-12H2,1H3. The molecular weight excluding hydrogens is 230 g/mol. The summed E-state index contributed by atoms with van der Waals surface area (Å²) in [6.45, 7) is 5.74. The maximum atomic E-state index is 6.32. The van der Waals surface area contributed by atoms with Crippen LogP contribution in [-0.2, 0) is 6.42 Å². The number of rotatable bonds is 4. The Hall–Kier alpha value is -0.530. The molecule has 1 heterocycles. The quantitative estimate of drug-likeness (QED) is 0.740. The molecule has 1 aromatic carbocycles. The van der Waals surface area contributed by atoms with E-state index < -0.39 is 0 Å². The first-order valence-corrected chi connectivity index (χ1v) is 7.09. The van der Waals surface area contributed by atoms with Gasteiger partial charge in [-0.1, -0.05) is 37.3 Å². The molecule has 0 aromatic heterocycles. The van der Waals surface area contributed by atoms with Gasteiger partial charge in [0.05, 0.1) is 0 Å². The summed E-state index contributed by atoms with van der Waals surface area (Å²) in [5.74, 6) is 0.682. The Balaban J connectivity index is 1.69. The molecule has 0 amide bonds. The van der Waals surface area contributed by atoms with E-state index >= 15 is 0 Å². The van der Waals surface area contributed by atoms with Crippen LogP contribution in [0.5, 0.6) is 0 Å². The average molecular weight is 252 g/mol. The number of hydrogen-bond acceptors (Lipinski definition) is 1. The number of alkyl halides is 1. The molecule has 1 aromatic rings. The van der Waals surface area contributed by atoms with Gasteiger partial charge in [0.2, 0.25) is 0 Å². The second-order valence-corrected chi connectivity index (χ2v) is 5.73. The predicted octanol–water partition coefficient (Wildman–Crippen LogP) is 3.57. The Morgan fingerprint density at radius 2 is 2.06 bits per heavy atom. The van der Waals surface area contributed by atoms with Gasteiger partial charge in [0, 0.05) is 11.9 Å². The largest absolute Gasteiger partial charge is 0.302 e. The van der Waals surface area contributed by atoms with E-state index in [4.69, 9.17) is 11.6 Å². The fraction of sp³-hybridized carbons (Fsp3) is 0.600. The van der Waals surface area contributed by atoms with Crippen LogP contribution in [0.4, 0.5) is 0 Å². The lowest BCUT2D eigenvalue weighted by atomic mass is 9.98. The summed E-state index contributed by atoms with van der Waals surface area (Å²) >= 11 is 6.32. The van der Waals surface area contributed by atoms with Gasteiger partial charge >= 0.3 is 0 Å². The number of nitrogens with zero attached hydrogens (tertiary/aromatic N) is 1. The number of hydrogen-bond donors (Lipinski definition) is 0. The first-order valence-electron chi connectivity index (χ1n) is 6.66. The van der Waals surface area contributed by atoms with E-state index in [0.717, 1.165) is 6.54 Å². The zero-order valence-electron chi connectivity index (χ0n) is 10.6. The highest BCUT2D eigenvalue weighted by Crippen LogP contribution is 2.21. The topological polar surface area (TPSA) is 3.24 Å². The molecule has 1 saturated heterocycles. The molecule has 2 heteroatoms. The molecule has 94 valence electrons.